The molecule has 8 heteroatoms. The fourth-order valence-corrected chi connectivity index (χ4v) is 1.81. The largest absolute Gasteiger partial charge is 1.00 e. The van der Waals surface area contributed by atoms with E-state index in [9.17, 15) is 19.5 Å². The van der Waals surface area contributed by atoms with Crippen molar-refractivity contribution in [2.75, 3.05) is 7.11 Å². The minimum atomic E-state index is -0.980. The van der Waals surface area contributed by atoms with Crippen molar-refractivity contribution >= 4 is 5.78 Å². The number of aromatic amines is 1. The van der Waals surface area contributed by atoms with E-state index >= 15 is 0 Å². The number of carbonyl (C=O) groups excluding carboxylic acids is 1. The first kappa shape index (κ1) is 17.9. The van der Waals surface area contributed by atoms with Crippen LogP contribution < -0.4 is 72.5 Å². The molecule has 2 aromatic rings. The van der Waals surface area contributed by atoms with Crippen LogP contribution in [0.5, 0.6) is 11.6 Å². The Morgan fingerprint density at radius 2 is 2.00 bits per heavy atom. The molecule has 0 aliphatic heterocycles. The summed E-state index contributed by atoms with van der Waals surface area (Å²) in [6.45, 7) is 1.09. The number of rotatable bonds is 3. The van der Waals surface area contributed by atoms with E-state index in [1.165, 1.54) is 19.2 Å². The maximum absolute atomic E-state index is 12.1. The zero-order valence-electron chi connectivity index (χ0n) is 11.8. The van der Waals surface area contributed by atoms with Crippen molar-refractivity contribution < 1.29 is 66.0 Å². The second kappa shape index (κ2) is 7.19. The van der Waals surface area contributed by atoms with Crippen molar-refractivity contribution in [3.63, 3.8) is 0 Å². The number of nitrogens with zero attached hydrogens (tertiary/aromatic N) is 1. The van der Waals surface area contributed by atoms with Crippen molar-refractivity contribution in [2.24, 2.45) is 0 Å². The Bertz CT molecular complexity index is 794. The number of ketones is 1. The molecule has 21 heavy (non-hydrogen) atoms. The molecular weight excluding hydrogens is 303 g/mol. The van der Waals surface area contributed by atoms with Crippen molar-refractivity contribution in [3.05, 3.63) is 50.7 Å². The Morgan fingerprint density at radius 1 is 1.33 bits per heavy atom. The zero-order chi connectivity index (χ0) is 14.9. The van der Waals surface area contributed by atoms with Gasteiger partial charge in [-0.25, -0.2) is 9.36 Å². The van der Waals surface area contributed by atoms with E-state index < -0.39 is 28.5 Å². The second-order valence-electron chi connectivity index (χ2n) is 4.03. The summed E-state index contributed by atoms with van der Waals surface area (Å²) in [7, 11) is 1.44. The number of methoxy groups -OCH3 is 1. The molecule has 0 bridgehead atoms. The van der Waals surface area contributed by atoms with Crippen LogP contribution in [-0.2, 0) is 0 Å². The number of hydrogen-bond acceptors (Lipinski definition) is 5. The number of Topliss-reactive ketones (excluding diaryl/α,β-unsaturated/α-hetero) is 1. The van der Waals surface area contributed by atoms with Gasteiger partial charge in [-0.3, -0.25) is 9.59 Å². The minimum absolute atomic E-state index is 0. The van der Waals surface area contributed by atoms with Crippen LogP contribution in [0.25, 0.3) is 5.69 Å². The molecular formula is C13H11KN2O5. The molecule has 1 N–H and O–H groups in total. The first-order chi connectivity index (χ1) is 9.45. The Kier molecular flexibility index (Phi) is 6.11. The molecule has 0 unspecified atom stereocenters. The molecule has 1 aromatic heterocycles. The summed E-state index contributed by atoms with van der Waals surface area (Å²) >= 11 is 0. The van der Waals surface area contributed by atoms with Gasteiger partial charge in [-0.05, 0) is 24.9 Å². The Hall–Kier alpha value is -1.19. The van der Waals surface area contributed by atoms with Crippen molar-refractivity contribution in [1.29, 1.82) is 0 Å². The van der Waals surface area contributed by atoms with Gasteiger partial charge in [0.25, 0.3) is 5.56 Å². The van der Waals surface area contributed by atoms with Crippen LogP contribution in [0.3, 0.4) is 0 Å². The predicted molar refractivity (Wildman–Crippen MR) is 68.7 cm³/mol. The Balaban J connectivity index is 0.00000220. The van der Waals surface area contributed by atoms with E-state index in [1.807, 2.05) is 4.98 Å². The number of carbonyl (C=O) groups is 1. The summed E-state index contributed by atoms with van der Waals surface area (Å²) in [5, 5.41) is 11.5. The number of hydrogen-bond donors (Lipinski definition) is 1. The van der Waals surface area contributed by atoms with Crippen LogP contribution in [-0.4, -0.2) is 22.4 Å². The summed E-state index contributed by atoms with van der Waals surface area (Å²) in [6.07, 6.45) is 0. The molecule has 0 saturated heterocycles. The van der Waals surface area contributed by atoms with Crippen LogP contribution in [0.1, 0.15) is 17.3 Å². The van der Waals surface area contributed by atoms with Gasteiger partial charge >= 0.3 is 57.1 Å². The molecule has 1 heterocycles. The number of ether oxygens (including phenoxy) is 1. The summed E-state index contributed by atoms with van der Waals surface area (Å²) in [5.74, 6) is -1.25. The third kappa shape index (κ3) is 3.53. The summed E-state index contributed by atoms with van der Waals surface area (Å²) in [6, 6.07) is 6.16. The molecule has 0 amide bonds. The molecule has 7 nitrogen and oxygen atoms in total. The fourth-order valence-electron chi connectivity index (χ4n) is 1.81. The van der Waals surface area contributed by atoms with E-state index in [-0.39, 0.29) is 57.1 Å². The standard InChI is InChI=1S/C13H12N2O5.K/c1-7(16)10-11(17)14-13(19)15(12(10)18)8-4-3-5-9(6-8)20-2;/h3-6,17H,1-2H3,(H,14,19);/q;+1/p-1. The Labute approximate surface area is 162 Å². The monoisotopic (exact) mass is 314 g/mol. The molecule has 0 radical (unpaired) electrons. The average Bonchev–Trinajstić information content (AvgIpc) is 2.37. The molecule has 104 valence electrons. The van der Waals surface area contributed by atoms with Gasteiger partial charge in [0.15, 0.2) is 5.78 Å². The van der Waals surface area contributed by atoms with Crippen LogP contribution in [0, 0.1) is 0 Å². The van der Waals surface area contributed by atoms with Gasteiger partial charge < -0.3 is 14.8 Å². The quantitative estimate of drug-likeness (QED) is 0.475. The van der Waals surface area contributed by atoms with Crippen molar-refractivity contribution in [1.82, 2.24) is 9.55 Å². The van der Waals surface area contributed by atoms with Gasteiger partial charge in [-0.15, -0.1) is 0 Å². The third-order valence-electron chi connectivity index (χ3n) is 2.73. The van der Waals surface area contributed by atoms with E-state index in [1.54, 1.807) is 12.1 Å². The normalized spacial score (nSPS) is 9.81. The van der Waals surface area contributed by atoms with Gasteiger partial charge in [-0.2, -0.15) is 0 Å². The summed E-state index contributed by atoms with van der Waals surface area (Å²) < 4.78 is 5.72. The van der Waals surface area contributed by atoms with Gasteiger partial charge in [0.05, 0.1) is 18.4 Å². The van der Waals surface area contributed by atoms with Crippen LogP contribution in [0.15, 0.2) is 33.9 Å². The maximum atomic E-state index is 12.1. The first-order valence-corrected chi connectivity index (χ1v) is 5.67. The number of H-pyrrole nitrogens is 1. The molecule has 1 aromatic carbocycles. The number of nitrogens with one attached hydrogen (secondary N) is 1. The smallest absolute Gasteiger partial charge is 0.859 e. The maximum Gasteiger partial charge on any atom is 1.00 e. The van der Waals surface area contributed by atoms with Crippen LogP contribution in [0.2, 0.25) is 0 Å². The summed E-state index contributed by atoms with van der Waals surface area (Å²) in [5.41, 5.74) is -2.22. The molecule has 0 saturated carbocycles. The molecule has 0 atom stereocenters. The Morgan fingerprint density at radius 3 is 2.57 bits per heavy atom. The first-order valence-electron chi connectivity index (χ1n) is 5.67. The second-order valence-corrected chi connectivity index (χ2v) is 4.03. The van der Waals surface area contributed by atoms with E-state index in [0.29, 0.717) is 5.75 Å². The number of benzene rings is 1. The SMILES string of the molecule is COc1cccc(-n2c(=O)[nH]c([O-])c(C(C)=O)c2=O)c1.[K+]. The van der Waals surface area contributed by atoms with Crippen LogP contribution >= 0.6 is 0 Å². The van der Waals surface area contributed by atoms with Crippen molar-refractivity contribution in [3.8, 4) is 17.3 Å². The van der Waals surface area contributed by atoms with Gasteiger partial charge in [-0.1, -0.05) is 6.07 Å². The van der Waals surface area contributed by atoms with Crippen molar-refractivity contribution in [2.45, 2.75) is 6.92 Å². The molecule has 0 aliphatic rings. The van der Waals surface area contributed by atoms with Gasteiger partial charge in [0.1, 0.15) is 5.75 Å². The van der Waals surface area contributed by atoms with E-state index in [4.69, 9.17) is 4.74 Å². The minimum Gasteiger partial charge on any atom is -0.859 e. The third-order valence-corrected chi connectivity index (χ3v) is 2.73. The predicted octanol–water partition coefficient (Wildman–Crippen LogP) is -3.19. The average molecular weight is 314 g/mol. The van der Waals surface area contributed by atoms with Crippen LogP contribution in [0.4, 0.5) is 0 Å². The topological polar surface area (TPSA) is 104 Å². The van der Waals surface area contributed by atoms with E-state index in [2.05, 4.69) is 0 Å². The fraction of sp³-hybridized carbons (Fsp3) is 0.154. The zero-order valence-corrected chi connectivity index (χ0v) is 14.9. The molecule has 2 rings (SSSR count). The van der Waals surface area contributed by atoms with E-state index in [0.717, 1.165) is 11.5 Å². The van der Waals surface area contributed by atoms with Gasteiger partial charge in [0.2, 0.25) is 0 Å². The summed E-state index contributed by atoms with van der Waals surface area (Å²) in [4.78, 5) is 37.2. The number of aromatic nitrogens is 2. The molecule has 0 fully saturated rings. The molecule has 0 aliphatic carbocycles. The molecule has 0 spiro atoms. The van der Waals surface area contributed by atoms with Gasteiger partial charge in [0, 0.05) is 6.07 Å².